The van der Waals surface area contributed by atoms with Crippen LogP contribution in [0.5, 0.6) is 0 Å². The first-order valence-corrected chi connectivity index (χ1v) is 20.3. The summed E-state index contributed by atoms with van der Waals surface area (Å²) in [5, 5.41) is 39.0. The Hall–Kier alpha value is -6.19. The average Bonchev–Trinajstić information content (AvgIpc) is 3.91. The van der Waals surface area contributed by atoms with Crippen molar-refractivity contribution in [1.82, 2.24) is 45.0 Å². The molecule has 58 heavy (non-hydrogen) atoms. The van der Waals surface area contributed by atoms with Crippen molar-refractivity contribution in [3.8, 4) is 23.6 Å². The van der Waals surface area contributed by atoms with Crippen LogP contribution in [-0.2, 0) is 15.0 Å². The number of carbonyl (C=O) groups is 2. The number of hydrogen-bond donors (Lipinski definition) is 2. The van der Waals surface area contributed by atoms with Gasteiger partial charge in [0, 0.05) is 60.8 Å². The van der Waals surface area contributed by atoms with Crippen LogP contribution in [0.2, 0.25) is 0 Å². The molecule has 2 amide bonds. The van der Waals surface area contributed by atoms with Gasteiger partial charge >= 0.3 is 0 Å². The number of pyridine rings is 2. The Kier molecular flexibility index (Phi) is 10.7. The normalized spacial score (nSPS) is 24.6. The minimum atomic E-state index is -0.685. The first-order valence-electron chi connectivity index (χ1n) is 20.3. The number of piperidine rings is 1. The molecule has 4 aromatic heterocycles. The molecular formula is C43H49N13O2. The lowest BCUT2D eigenvalue weighted by molar-refractivity contribution is -0.137. The number of rotatable bonds is 10. The third-order valence-electron chi connectivity index (χ3n) is 12.6. The zero-order valence-electron chi connectivity index (χ0n) is 33.5. The van der Waals surface area contributed by atoms with Crippen LogP contribution in [0.3, 0.4) is 0 Å². The average molecular weight is 780 g/mol. The SMILES string of the molecule is C[C@H](C#N)Nc1cc(-n2ncc3cc(C#N)cnc32)ncc1-n1cc(C2CCC(CCN3C[C@H](C)N(c4ccc([C@@]5(C)CCC(=O)NC5=O)cc4)C[C@H]3C)CC2)nn1. The molecular weight excluding hydrogens is 731 g/mol. The van der Waals surface area contributed by atoms with E-state index < -0.39 is 11.5 Å². The summed E-state index contributed by atoms with van der Waals surface area (Å²) in [5.74, 6) is 1.11. The fourth-order valence-electron chi connectivity index (χ4n) is 8.91. The molecule has 0 radical (unpaired) electrons. The summed E-state index contributed by atoms with van der Waals surface area (Å²) in [5.41, 5.74) is 4.78. The number of nitrogens with zero attached hydrogens (tertiary/aromatic N) is 11. The number of nitrogens with one attached hydrogen (secondary N) is 2. The molecule has 15 nitrogen and oxygen atoms in total. The zero-order valence-corrected chi connectivity index (χ0v) is 33.5. The lowest BCUT2D eigenvalue weighted by atomic mass is 9.75. The van der Waals surface area contributed by atoms with Gasteiger partial charge in [-0.15, -0.1) is 5.10 Å². The third-order valence-corrected chi connectivity index (χ3v) is 12.6. The minimum absolute atomic E-state index is 0.194. The molecule has 2 saturated heterocycles. The predicted molar refractivity (Wildman–Crippen MR) is 218 cm³/mol. The molecule has 0 unspecified atom stereocenters. The molecule has 1 aliphatic carbocycles. The van der Waals surface area contributed by atoms with Crippen molar-refractivity contribution in [2.24, 2.45) is 5.92 Å². The highest BCUT2D eigenvalue weighted by atomic mass is 16.2. The number of amides is 2. The molecule has 15 heteroatoms. The Bertz CT molecular complexity index is 2400. The fraction of sp³-hybridized carbons (Fsp3) is 0.465. The number of piperazine rings is 1. The molecule has 5 aromatic rings. The van der Waals surface area contributed by atoms with Crippen LogP contribution < -0.4 is 15.5 Å². The molecule has 2 aliphatic heterocycles. The van der Waals surface area contributed by atoms with Gasteiger partial charge in [-0.1, -0.05) is 17.3 Å². The van der Waals surface area contributed by atoms with E-state index in [1.165, 1.54) is 18.3 Å². The molecule has 1 aromatic carbocycles. The Balaban J connectivity index is 0.861. The summed E-state index contributed by atoms with van der Waals surface area (Å²) >= 11 is 0. The minimum Gasteiger partial charge on any atom is -0.368 e. The maximum absolute atomic E-state index is 12.7. The predicted octanol–water partition coefficient (Wildman–Crippen LogP) is 5.55. The largest absolute Gasteiger partial charge is 0.368 e. The second kappa shape index (κ2) is 16.0. The summed E-state index contributed by atoms with van der Waals surface area (Å²) in [6, 6.07) is 16.6. The van der Waals surface area contributed by atoms with Crippen LogP contribution in [0.25, 0.3) is 22.5 Å². The highest BCUT2D eigenvalue weighted by Crippen LogP contribution is 2.38. The quantitative estimate of drug-likeness (QED) is 0.169. The maximum atomic E-state index is 12.7. The number of aromatic nitrogens is 7. The molecule has 0 spiro atoms. The standard InChI is InChI=1S/C43H49N13O2/c1-27(19-44)49-36-18-39(56-41-33(22-48-56)17-31(20-45)21-47-41)46-23-38(36)55-26-37(51-52-55)32-7-5-30(6-8-32)14-16-53-24-29(3)54(25-28(53)2)35-11-9-34(10-12-35)43(4)15-13-40(57)50-42(43)58/h9-12,17-18,21-23,26-30,32H,5-8,13-16,24-25H2,1-4H3,(H,46,49)(H,50,57,58)/t27-,28-,29+,30?,32?,43-/m1/s1. The fourth-order valence-corrected chi connectivity index (χ4v) is 8.91. The smallest absolute Gasteiger partial charge is 0.236 e. The lowest BCUT2D eigenvalue weighted by Crippen LogP contribution is -2.56. The van der Waals surface area contributed by atoms with Crippen molar-refractivity contribution in [1.29, 1.82) is 10.5 Å². The van der Waals surface area contributed by atoms with E-state index in [1.807, 2.05) is 19.2 Å². The monoisotopic (exact) mass is 779 g/mol. The highest BCUT2D eigenvalue weighted by Gasteiger charge is 2.40. The van der Waals surface area contributed by atoms with Crippen molar-refractivity contribution in [3.63, 3.8) is 0 Å². The van der Waals surface area contributed by atoms with E-state index in [0.29, 0.717) is 65.2 Å². The number of fused-ring (bicyclic) bond motifs is 1. The van der Waals surface area contributed by atoms with Crippen molar-refractivity contribution in [2.75, 3.05) is 29.9 Å². The van der Waals surface area contributed by atoms with Gasteiger partial charge in [0.15, 0.2) is 11.5 Å². The van der Waals surface area contributed by atoms with Gasteiger partial charge in [-0.25, -0.2) is 14.6 Å². The van der Waals surface area contributed by atoms with Gasteiger partial charge in [0.2, 0.25) is 11.8 Å². The molecule has 1 saturated carbocycles. The summed E-state index contributed by atoms with van der Waals surface area (Å²) in [7, 11) is 0. The van der Waals surface area contributed by atoms with E-state index in [4.69, 9.17) is 0 Å². The summed E-state index contributed by atoms with van der Waals surface area (Å²) in [6.07, 6.45) is 13.4. The van der Waals surface area contributed by atoms with Gasteiger partial charge in [-0.3, -0.25) is 19.8 Å². The van der Waals surface area contributed by atoms with Gasteiger partial charge in [-0.2, -0.15) is 20.3 Å². The third kappa shape index (κ3) is 7.62. The Morgan fingerprint density at radius 2 is 1.79 bits per heavy atom. The maximum Gasteiger partial charge on any atom is 0.236 e. The first-order chi connectivity index (χ1) is 28.0. The van der Waals surface area contributed by atoms with E-state index >= 15 is 0 Å². The topological polar surface area (TPSA) is 187 Å². The van der Waals surface area contributed by atoms with Crippen molar-refractivity contribution in [3.05, 3.63) is 78.0 Å². The molecule has 3 fully saturated rings. The Morgan fingerprint density at radius 1 is 1.00 bits per heavy atom. The number of nitriles is 2. The van der Waals surface area contributed by atoms with E-state index in [2.05, 4.69) is 96.1 Å². The first kappa shape index (κ1) is 38.7. The van der Waals surface area contributed by atoms with Crippen molar-refractivity contribution < 1.29 is 9.59 Å². The number of benzene rings is 1. The lowest BCUT2D eigenvalue weighted by Gasteiger charge is -2.46. The number of carbonyl (C=O) groups excluding carboxylic acids is 2. The Labute approximate surface area is 338 Å². The molecule has 0 bridgehead atoms. The van der Waals surface area contributed by atoms with Gasteiger partial charge in [-0.05, 0) is 102 Å². The molecule has 6 heterocycles. The second-order valence-corrected chi connectivity index (χ2v) is 16.6. The van der Waals surface area contributed by atoms with Crippen LogP contribution in [-0.4, -0.2) is 89.2 Å². The highest BCUT2D eigenvalue weighted by molar-refractivity contribution is 6.03. The number of hydrogen-bond acceptors (Lipinski definition) is 12. The van der Waals surface area contributed by atoms with E-state index in [-0.39, 0.29) is 11.8 Å². The molecule has 4 atom stereocenters. The zero-order chi connectivity index (χ0) is 40.6. The second-order valence-electron chi connectivity index (χ2n) is 16.6. The van der Waals surface area contributed by atoms with Gasteiger partial charge in [0.25, 0.3) is 0 Å². The number of imide groups is 1. The van der Waals surface area contributed by atoms with Crippen molar-refractivity contribution in [2.45, 2.75) is 102 Å². The van der Waals surface area contributed by atoms with Crippen LogP contribution in [0.4, 0.5) is 11.4 Å². The van der Waals surface area contributed by atoms with E-state index in [9.17, 15) is 20.1 Å². The van der Waals surface area contributed by atoms with Crippen LogP contribution in [0, 0.1) is 28.6 Å². The molecule has 8 rings (SSSR count). The van der Waals surface area contributed by atoms with Gasteiger partial charge in [0.05, 0.1) is 47.0 Å². The van der Waals surface area contributed by atoms with Crippen molar-refractivity contribution >= 4 is 34.2 Å². The van der Waals surface area contributed by atoms with Crippen LogP contribution in [0.1, 0.15) is 95.4 Å². The molecule has 3 aliphatic rings. The Morgan fingerprint density at radius 3 is 2.53 bits per heavy atom. The van der Waals surface area contributed by atoms with Gasteiger partial charge < -0.3 is 10.2 Å². The van der Waals surface area contributed by atoms with Crippen LogP contribution in [0.15, 0.2) is 61.2 Å². The van der Waals surface area contributed by atoms with Gasteiger partial charge in [0.1, 0.15) is 17.8 Å². The molecule has 2 N–H and O–H groups in total. The summed E-state index contributed by atoms with van der Waals surface area (Å²) < 4.78 is 3.35. The molecule has 298 valence electrons. The summed E-state index contributed by atoms with van der Waals surface area (Å²) in [4.78, 5) is 38.7. The van der Waals surface area contributed by atoms with E-state index in [0.717, 1.165) is 62.0 Å². The van der Waals surface area contributed by atoms with E-state index in [1.54, 1.807) is 34.7 Å². The summed E-state index contributed by atoms with van der Waals surface area (Å²) in [6.45, 7) is 11.4. The van der Waals surface area contributed by atoms with Crippen LogP contribution >= 0.6 is 0 Å². The number of anilines is 2.